The third kappa shape index (κ3) is 4.69. The highest BCUT2D eigenvalue weighted by molar-refractivity contribution is 5.60. The highest BCUT2D eigenvalue weighted by Gasteiger charge is 2.06. The summed E-state index contributed by atoms with van der Waals surface area (Å²) in [6.07, 6.45) is 12.9. The van der Waals surface area contributed by atoms with Gasteiger partial charge in [-0.1, -0.05) is 30.2 Å². The maximum atomic E-state index is 5.33. The van der Waals surface area contributed by atoms with Gasteiger partial charge in [-0.2, -0.15) is 0 Å². The van der Waals surface area contributed by atoms with Gasteiger partial charge in [0.05, 0.1) is 5.69 Å². The molecule has 1 N–H and O–H groups in total. The van der Waals surface area contributed by atoms with Crippen molar-refractivity contribution in [2.75, 3.05) is 5.32 Å². The first-order valence-corrected chi connectivity index (χ1v) is 7.74. The number of hydrogen-bond donors (Lipinski definition) is 1. The summed E-state index contributed by atoms with van der Waals surface area (Å²) < 4.78 is 0. The van der Waals surface area contributed by atoms with Crippen molar-refractivity contribution in [2.45, 2.75) is 40.5 Å². The molecular formula is C20H23N3. The molecule has 23 heavy (non-hydrogen) atoms. The van der Waals surface area contributed by atoms with Gasteiger partial charge in [-0.3, -0.25) is 0 Å². The fraction of sp³-hybridized carbons (Fsp3) is 0.300. The van der Waals surface area contributed by atoms with E-state index >= 15 is 0 Å². The Kier molecular flexibility index (Phi) is 5.54. The van der Waals surface area contributed by atoms with Crippen LogP contribution in [0.25, 0.3) is 0 Å². The van der Waals surface area contributed by atoms with Crippen LogP contribution >= 0.6 is 0 Å². The Labute approximate surface area is 138 Å². The molecule has 0 atom stereocenters. The van der Waals surface area contributed by atoms with Crippen molar-refractivity contribution in [1.29, 1.82) is 0 Å². The first-order chi connectivity index (χ1) is 11.0. The van der Waals surface area contributed by atoms with Gasteiger partial charge in [-0.05, 0) is 56.4 Å². The van der Waals surface area contributed by atoms with E-state index in [1.807, 2.05) is 12.4 Å². The van der Waals surface area contributed by atoms with Crippen LogP contribution in [0.1, 0.15) is 41.9 Å². The molecule has 2 aromatic rings. The fourth-order valence-electron chi connectivity index (χ4n) is 2.51. The molecule has 0 saturated heterocycles. The van der Waals surface area contributed by atoms with Crippen molar-refractivity contribution in [3.63, 3.8) is 0 Å². The molecule has 2 rings (SSSR count). The van der Waals surface area contributed by atoms with Gasteiger partial charge in [0, 0.05) is 24.9 Å². The van der Waals surface area contributed by atoms with E-state index < -0.39 is 0 Å². The Hall–Kier alpha value is -2.60. The summed E-state index contributed by atoms with van der Waals surface area (Å²) in [6, 6.07) is 6.75. The van der Waals surface area contributed by atoms with Gasteiger partial charge in [0.2, 0.25) is 0 Å². The van der Waals surface area contributed by atoms with E-state index in [1.54, 1.807) is 0 Å². The van der Waals surface area contributed by atoms with Crippen LogP contribution in [0.5, 0.6) is 0 Å². The second kappa shape index (κ2) is 7.60. The molecule has 0 bridgehead atoms. The van der Waals surface area contributed by atoms with E-state index in [4.69, 9.17) is 6.42 Å². The zero-order valence-electron chi connectivity index (χ0n) is 14.3. The van der Waals surface area contributed by atoms with Crippen molar-refractivity contribution in [2.24, 2.45) is 0 Å². The Morgan fingerprint density at radius 3 is 2.26 bits per heavy atom. The van der Waals surface area contributed by atoms with Crippen LogP contribution in [-0.2, 0) is 12.8 Å². The summed E-state index contributed by atoms with van der Waals surface area (Å²) in [6.45, 7) is 8.30. The molecule has 0 aliphatic carbocycles. The number of nitrogens with zero attached hydrogens (tertiary/aromatic N) is 2. The molecule has 0 radical (unpaired) electrons. The molecule has 0 saturated carbocycles. The standard InChI is InChI=1S/C20H23N3/c1-6-21-20-15(4)9-18(10-16(20)5)11-19-22-12-17(13-23-19)8-7-14(2)3/h1,7,9-10,12-13,21H,8,11H2,2-5H3. The van der Waals surface area contributed by atoms with Crippen molar-refractivity contribution < 1.29 is 0 Å². The topological polar surface area (TPSA) is 37.8 Å². The normalized spacial score (nSPS) is 10.0. The van der Waals surface area contributed by atoms with Gasteiger partial charge < -0.3 is 5.32 Å². The molecule has 0 aliphatic rings. The Balaban J connectivity index is 2.13. The number of aromatic nitrogens is 2. The SMILES string of the molecule is C#CNc1c(C)cc(Cc2ncc(CC=C(C)C)cn2)cc1C. The molecule has 118 valence electrons. The third-order valence-corrected chi connectivity index (χ3v) is 3.66. The van der Waals surface area contributed by atoms with Crippen LogP contribution in [0.15, 0.2) is 36.2 Å². The number of aryl methyl sites for hydroxylation is 2. The zero-order chi connectivity index (χ0) is 16.8. The van der Waals surface area contributed by atoms with E-state index in [0.717, 1.165) is 41.0 Å². The van der Waals surface area contributed by atoms with Crippen molar-refractivity contribution in [3.8, 4) is 12.5 Å². The number of nitrogens with one attached hydrogen (secondary N) is 1. The third-order valence-electron chi connectivity index (χ3n) is 3.66. The first-order valence-electron chi connectivity index (χ1n) is 7.74. The average molecular weight is 305 g/mol. The molecule has 3 nitrogen and oxygen atoms in total. The van der Waals surface area contributed by atoms with Gasteiger partial charge in [0.25, 0.3) is 0 Å². The minimum absolute atomic E-state index is 0.723. The molecule has 0 spiro atoms. The highest BCUT2D eigenvalue weighted by Crippen LogP contribution is 2.22. The summed E-state index contributed by atoms with van der Waals surface area (Å²) in [5.41, 5.74) is 6.92. The average Bonchev–Trinajstić information content (AvgIpc) is 2.50. The first kappa shape index (κ1) is 16.8. The minimum Gasteiger partial charge on any atom is -0.315 e. The van der Waals surface area contributed by atoms with E-state index in [-0.39, 0.29) is 0 Å². The quantitative estimate of drug-likeness (QED) is 0.511. The number of benzene rings is 1. The molecular weight excluding hydrogens is 282 g/mol. The van der Waals surface area contributed by atoms with Gasteiger partial charge in [0.15, 0.2) is 0 Å². The number of anilines is 1. The maximum Gasteiger partial charge on any atom is 0.132 e. The molecule has 3 heteroatoms. The van der Waals surface area contributed by atoms with Crippen molar-refractivity contribution >= 4 is 5.69 Å². The Morgan fingerprint density at radius 1 is 1.13 bits per heavy atom. The van der Waals surface area contributed by atoms with E-state index in [9.17, 15) is 0 Å². The number of rotatable bonds is 5. The molecule has 0 amide bonds. The molecule has 1 heterocycles. The van der Waals surface area contributed by atoms with Crippen LogP contribution in [0.2, 0.25) is 0 Å². The lowest BCUT2D eigenvalue weighted by atomic mass is 10.0. The largest absolute Gasteiger partial charge is 0.315 e. The second-order valence-electron chi connectivity index (χ2n) is 6.04. The lowest BCUT2D eigenvalue weighted by molar-refractivity contribution is 0.943. The highest BCUT2D eigenvalue weighted by atomic mass is 14.9. The summed E-state index contributed by atoms with van der Waals surface area (Å²) in [7, 11) is 0. The lowest BCUT2D eigenvalue weighted by Gasteiger charge is -2.11. The van der Waals surface area contributed by atoms with Crippen LogP contribution in [-0.4, -0.2) is 9.97 Å². The second-order valence-corrected chi connectivity index (χ2v) is 6.04. The predicted octanol–water partition coefficient (Wildman–Crippen LogP) is 4.20. The summed E-state index contributed by atoms with van der Waals surface area (Å²) in [5, 5.41) is 2.96. The zero-order valence-corrected chi connectivity index (χ0v) is 14.3. The van der Waals surface area contributed by atoms with Gasteiger partial charge in [-0.25, -0.2) is 9.97 Å². The predicted molar refractivity (Wildman–Crippen MR) is 96.3 cm³/mol. The number of allylic oxidation sites excluding steroid dienone is 2. The Morgan fingerprint density at radius 2 is 1.74 bits per heavy atom. The monoisotopic (exact) mass is 305 g/mol. The molecule has 0 unspecified atom stereocenters. The molecule has 0 aliphatic heterocycles. The molecule has 1 aromatic heterocycles. The number of hydrogen-bond acceptors (Lipinski definition) is 3. The minimum atomic E-state index is 0.723. The van der Waals surface area contributed by atoms with E-state index in [0.29, 0.717) is 0 Å². The summed E-state index contributed by atoms with van der Waals surface area (Å²) >= 11 is 0. The fourth-order valence-corrected chi connectivity index (χ4v) is 2.51. The van der Waals surface area contributed by atoms with E-state index in [2.05, 4.69) is 67.2 Å². The lowest BCUT2D eigenvalue weighted by Crippen LogP contribution is -2.01. The van der Waals surface area contributed by atoms with Crippen LogP contribution < -0.4 is 5.32 Å². The Bertz CT molecular complexity index is 722. The smallest absolute Gasteiger partial charge is 0.132 e. The molecule has 1 aromatic carbocycles. The van der Waals surface area contributed by atoms with Crippen LogP contribution in [0, 0.1) is 26.3 Å². The van der Waals surface area contributed by atoms with Crippen LogP contribution in [0.4, 0.5) is 5.69 Å². The van der Waals surface area contributed by atoms with Gasteiger partial charge >= 0.3 is 0 Å². The van der Waals surface area contributed by atoms with Gasteiger partial charge in [-0.15, -0.1) is 0 Å². The van der Waals surface area contributed by atoms with Crippen molar-refractivity contribution in [1.82, 2.24) is 9.97 Å². The summed E-state index contributed by atoms with van der Waals surface area (Å²) in [5.74, 6) is 0.836. The van der Waals surface area contributed by atoms with E-state index in [1.165, 1.54) is 11.1 Å². The number of terminal acetylenes is 1. The maximum absolute atomic E-state index is 5.33. The van der Waals surface area contributed by atoms with Crippen molar-refractivity contribution in [3.05, 3.63) is 64.3 Å². The van der Waals surface area contributed by atoms with Gasteiger partial charge in [0.1, 0.15) is 5.82 Å². The molecule has 0 fully saturated rings. The van der Waals surface area contributed by atoms with Crippen LogP contribution in [0.3, 0.4) is 0 Å². The summed E-state index contributed by atoms with van der Waals surface area (Å²) in [4.78, 5) is 8.96.